The summed E-state index contributed by atoms with van der Waals surface area (Å²) in [6, 6.07) is 5.64. The molecule has 0 radical (unpaired) electrons. The third-order valence-corrected chi connectivity index (χ3v) is 2.72. The normalized spacial score (nSPS) is 14.1. The van der Waals surface area contributed by atoms with Crippen LogP contribution >= 0.6 is 0 Å². The summed E-state index contributed by atoms with van der Waals surface area (Å²) >= 11 is 0. The van der Waals surface area contributed by atoms with Crippen molar-refractivity contribution < 1.29 is 14.6 Å². The van der Waals surface area contributed by atoms with E-state index in [1.165, 1.54) is 0 Å². The van der Waals surface area contributed by atoms with E-state index in [9.17, 15) is 9.90 Å². The average molecular weight is 265 g/mol. The Morgan fingerprint density at radius 2 is 1.89 bits per heavy atom. The van der Waals surface area contributed by atoms with E-state index in [0.717, 1.165) is 5.56 Å². The summed E-state index contributed by atoms with van der Waals surface area (Å²) in [7, 11) is 0. The van der Waals surface area contributed by atoms with Crippen molar-refractivity contribution in [2.24, 2.45) is 0 Å². The van der Waals surface area contributed by atoms with Gasteiger partial charge < -0.3 is 15.2 Å². The maximum absolute atomic E-state index is 11.8. The van der Waals surface area contributed by atoms with Gasteiger partial charge in [0.2, 0.25) is 0 Å². The Kier molecular flexibility index (Phi) is 5.36. The molecule has 0 heterocycles. The van der Waals surface area contributed by atoms with Crippen molar-refractivity contribution in [1.82, 2.24) is 5.32 Å². The summed E-state index contributed by atoms with van der Waals surface area (Å²) in [4.78, 5) is 11.8. The van der Waals surface area contributed by atoms with E-state index < -0.39 is 12.2 Å². The molecule has 1 amide bonds. The van der Waals surface area contributed by atoms with E-state index in [-0.39, 0.29) is 11.9 Å². The Balaban J connectivity index is 2.86. The Labute approximate surface area is 114 Å². The minimum Gasteiger partial charge on any atom is -0.481 e. The molecular weight excluding hydrogens is 242 g/mol. The predicted octanol–water partition coefficient (Wildman–Crippen LogP) is 2.34. The molecule has 0 aliphatic heterocycles. The van der Waals surface area contributed by atoms with Gasteiger partial charge in [-0.25, -0.2) is 0 Å². The van der Waals surface area contributed by atoms with Crippen molar-refractivity contribution in [2.75, 3.05) is 0 Å². The lowest BCUT2D eigenvalue weighted by molar-refractivity contribution is -0.127. The molecule has 1 aromatic rings. The number of rotatable bonds is 5. The molecule has 0 saturated heterocycles. The molecule has 0 saturated carbocycles. The summed E-state index contributed by atoms with van der Waals surface area (Å²) < 4.78 is 5.68. The molecule has 19 heavy (non-hydrogen) atoms. The molecule has 1 aromatic carbocycles. The highest BCUT2D eigenvalue weighted by Gasteiger charge is 2.18. The smallest absolute Gasteiger partial charge is 0.260 e. The van der Waals surface area contributed by atoms with Crippen LogP contribution in [0.15, 0.2) is 18.2 Å². The van der Waals surface area contributed by atoms with Gasteiger partial charge in [0.05, 0.1) is 6.10 Å². The van der Waals surface area contributed by atoms with Gasteiger partial charge in [0, 0.05) is 11.6 Å². The molecule has 1 rings (SSSR count). The lowest BCUT2D eigenvalue weighted by atomic mass is 10.1. The van der Waals surface area contributed by atoms with Gasteiger partial charge >= 0.3 is 0 Å². The van der Waals surface area contributed by atoms with Crippen LogP contribution in [0.2, 0.25) is 0 Å². The quantitative estimate of drug-likeness (QED) is 0.859. The first-order chi connectivity index (χ1) is 8.81. The zero-order valence-corrected chi connectivity index (χ0v) is 12.2. The molecular formula is C15H23NO3. The standard InChI is InChI=1S/C15H23NO3/c1-9(2)16-15(18)12(5)19-14-8-10(3)6-7-13(14)11(4)17/h6-9,11-12,17H,1-5H3,(H,16,18)/t11-,12?/m0/s1. The van der Waals surface area contributed by atoms with Gasteiger partial charge in [0.25, 0.3) is 5.91 Å². The number of aryl methyl sites for hydroxylation is 1. The van der Waals surface area contributed by atoms with Crippen molar-refractivity contribution in [2.45, 2.75) is 52.9 Å². The van der Waals surface area contributed by atoms with Crippen LogP contribution in [0.25, 0.3) is 0 Å². The van der Waals surface area contributed by atoms with Crippen LogP contribution in [0.1, 0.15) is 44.9 Å². The van der Waals surface area contributed by atoms with Crippen molar-refractivity contribution >= 4 is 5.91 Å². The van der Waals surface area contributed by atoms with Gasteiger partial charge in [0.15, 0.2) is 6.10 Å². The molecule has 106 valence electrons. The van der Waals surface area contributed by atoms with Crippen LogP contribution in [-0.4, -0.2) is 23.2 Å². The summed E-state index contributed by atoms with van der Waals surface area (Å²) in [5.41, 5.74) is 1.71. The van der Waals surface area contributed by atoms with Crippen molar-refractivity contribution in [1.29, 1.82) is 0 Å². The van der Waals surface area contributed by atoms with Gasteiger partial charge in [-0.1, -0.05) is 12.1 Å². The van der Waals surface area contributed by atoms with Crippen LogP contribution in [0.3, 0.4) is 0 Å². The number of amides is 1. The first-order valence-electron chi connectivity index (χ1n) is 6.57. The van der Waals surface area contributed by atoms with E-state index in [2.05, 4.69) is 5.32 Å². The van der Waals surface area contributed by atoms with Crippen LogP contribution in [0, 0.1) is 6.92 Å². The molecule has 0 aliphatic carbocycles. The van der Waals surface area contributed by atoms with E-state index in [1.807, 2.05) is 39.0 Å². The molecule has 4 heteroatoms. The zero-order valence-electron chi connectivity index (χ0n) is 12.2. The van der Waals surface area contributed by atoms with Gasteiger partial charge in [-0.15, -0.1) is 0 Å². The van der Waals surface area contributed by atoms with Crippen LogP contribution in [0.5, 0.6) is 5.75 Å². The van der Waals surface area contributed by atoms with Gasteiger partial charge in [-0.05, 0) is 46.2 Å². The topological polar surface area (TPSA) is 58.6 Å². The zero-order chi connectivity index (χ0) is 14.6. The SMILES string of the molecule is Cc1ccc([C@H](C)O)c(OC(C)C(=O)NC(C)C)c1. The summed E-state index contributed by atoms with van der Waals surface area (Å²) in [6.07, 6.45) is -1.22. The first kappa shape index (κ1) is 15.5. The third kappa shape index (κ3) is 4.56. The number of carbonyl (C=O) groups is 1. The summed E-state index contributed by atoms with van der Waals surface area (Å²) in [5.74, 6) is 0.398. The number of aliphatic hydroxyl groups is 1. The van der Waals surface area contributed by atoms with Crippen molar-refractivity contribution in [3.05, 3.63) is 29.3 Å². The molecule has 0 bridgehead atoms. The number of hydrogen-bond acceptors (Lipinski definition) is 3. The van der Waals surface area contributed by atoms with Crippen molar-refractivity contribution in [3.63, 3.8) is 0 Å². The molecule has 2 N–H and O–H groups in total. The molecule has 1 unspecified atom stereocenters. The third-order valence-electron chi connectivity index (χ3n) is 2.72. The fraction of sp³-hybridized carbons (Fsp3) is 0.533. The van der Waals surface area contributed by atoms with Crippen LogP contribution in [0.4, 0.5) is 0 Å². The lowest BCUT2D eigenvalue weighted by Crippen LogP contribution is -2.40. The largest absolute Gasteiger partial charge is 0.481 e. The highest BCUT2D eigenvalue weighted by Crippen LogP contribution is 2.27. The molecule has 0 fully saturated rings. The highest BCUT2D eigenvalue weighted by atomic mass is 16.5. The van der Waals surface area contributed by atoms with E-state index in [1.54, 1.807) is 13.8 Å². The second-order valence-corrected chi connectivity index (χ2v) is 5.14. The Hall–Kier alpha value is -1.55. The number of carbonyl (C=O) groups excluding carboxylic acids is 1. The lowest BCUT2D eigenvalue weighted by Gasteiger charge is -2.19. The molecule has 0 spiro atoms. The van der Waals surface area contributed by atoms with Crippen LogP contribution < -0.4 is 10.1 Å². The summed E-state index contributed by atoms with van der Waals surface area (Å²) in [5, 5.41) is 12.5. The van der Waals surface area contributed by atoms with Gasteiger partial charge in [-0.2, -0.15) is 0 Å². The molecule has 0 aromatic heterocycles. The van der Waals surface area contributed by atoms with Crippen molar-refractivity contribution in [3.8, 4) is 5.75 Å². The van der Waals surface area contributed by atoms with E-state index in [4.69, 9.17) is 4.74 Å². The molecule has 2 atom stereocenters. The predicted molar refractivity (Wildman–Crippen MR) is 75.2 cm³/mol. The molecule has 4 nitrogen and oxygen atoms in total. The molecule has 0 aliphatic rings. The minimum atomic E-state index is -0.629. The number of ether oxygens (including phenoxy) is 1. The second kappa shape index (κ2) is 6.57. The number of hydrogen-bond donors (Lipinski definition) is 2. The Morgan fingerprint density at radius 3 is 2.42 bits per heavy atom. The van der Waals surface area contributed by atoms with E-state index >= 15 is 0 Å². The fourth-order valence-corrected chi connectivity index (χ4v) is 1.73. The second-order valence-electron chi connectivity index (χ2n) is 5.14. The first-order valence-corrected chi connectivity index (χ1v) is 6.57. The van der Waals surface area contributed by atoms with Gasteiger partial charge in [-0.3, -0.25) is 4.79 Å². The maximum atomic E-state index is 11.8. The minimum absolute atomic E-state index is 0.0762. The maximum Gasteiger partial charge on any atom is 0.260 e. The Morgan fingerprint density at radius 1 is 1.26 bits per heavy atom. The number of nitrogens with one attached hydrogen (secondary N) is 1. The number of benzene rings is 1. The van der Waals surface area contributed by atoms with E-state index in [0.29, 0.717) is 11.3 Å². The number of aliphatic hydroxyl groups excluding tert-OH is 1. The highest BCUT2D eigenvalue weighted by molar-refractivity contribution is 5.81. The summed E-state index contributed by atoms with van der Waals surface area (Å²) in [6.45, 7) is 9.12. The average Bonchev–Trinajstić information content (AvgIpc) is 2.27. The monoisotopic (exact) mass is 265 g/mol. The van der Waals surface area contributed by atoms with Crippen LogP contribution in [-0.2, 0) is 4.79 Å². The fourth-order valence-electron chi connectivity index (χ4n) is 1.73. The Bertz CT molecular complexity index is 441. The van der Waals surface area contributed by atoms with Gasteiger partial charge in [0.1, 0.15) is 5.75 Å².